The molecule has 0 aromatic carbocycles. The van der Waals surface area contributed by atoms with Crippen molar-refractivity contribution in [1.29, 1.82) is 0 Å². The largest absolute Gasteiger partial charge is 0.386 e. The Morgan fingerprint density at radius 1 is 0.844 bits per heavy atom. The van der Waals surface area contributed by atoms with E-state index >= 15 is 0 Å². The molecule has 4 aromatic rings. The number of aromatic nitrogens is 8. The van der Waals surface area contributed by atoms with Crippen molar-refractivity contribution >= 4 is 72.2 Å². The van der Waals surface area contributed by atoms with Gasteiger partial charge in [-0.15, -0.1) is 0 Å². The Morgan fingerprint density at radius 3 is 1.96 bits per heavy atom. The van der Waals surface area contributed by atoms with Crippen LogP contribution in [0.3, 0.4) is 0 Å². The third-order valence-electron chi connectivity index (χ3n) is 7.32. The van der Waals surface area contributed by atoms with E-state index in [4.69, 9.17) is 39.0 Å². The smallest absolute Gasteiger partial charge is 0.386 e. The van der Waals surface area contributed by atoms with Crippen molar-refractivity contribution < 1.29 is 46.9 Å². The van der Waals surface area contributed by atoms with Crippen molar-refractivity contribution in [3.8, 4) is 0 Å². The summed E-state index contributed by atoms with van der Waals surface area (Å²) in [6.45, 7) is -9.78. The number of nitrogens with one attached hydrogen (secondary N) is 1. The van der Waals surface area contributed by atoms with E-state index in [2.05, 4.69) is 54.4 Å². The van der Waals surface area contributed by atoms with Crippen LogP contribution in [-0.2, 0) is 36.7 Å². The molecule has 45 heavy (non-hydrogen) atoms. The fraction of sp³-hybridized carbons (Fsp3) is 0.500. The first-order valence-corrected chi connectivity index (χ1v) is 18.3. The van der Waals surface area contributed by atoms with E-state index < -0.39 is 81.4 Å². The van der Waals surface area contributed by atoms with Crippen LogP contribution in [0.15, 0.2) is 23.8 Å². The van der Waals surface area contributed by atoms with Crippen LogP contribution in [0.4, 0.5) is 11.8 Å². The van der Waals surface area contributed by atoms with E-state index in [1.807, 2.05) is 0 Å². The van der Waals surface area contributed by atoms with E-state index in [1.165, 1.54) is 28.1 Å². The number of anilines is 2. The highest BCUT2D eigenvalue weighted by Crippen LogP contribution is 2.60. The summed E-state index contributed by atoms with van der Waals surface area (Å²) >= 11 is 8.12. The van der Waals surface area contributed by atoms with Gasteiger partial charge in [-0.3, -0.25) is 37.0 Å². The number of nitrogen functional groups attached to an aromatic ring is 2. The number of hydrogen-bond donors (Lipinski definition) is 7. The molecule has 10 atom stereocenters. The number of H-pyrrole nitrogens is 1. The second kappa shape index (κ2) is 11.2. The van der Waals surface area contributed by atoms with Gasteiger partial charge in [-0.25, -0.2) is 29.1 Å². The van der Waals surface area contributed by atoms with Gasteiger partial charge < -0.3 is 31.2 Å². The number of nitrogens with zero attached hydrogens (tertiary/aromatic N) is 7. The average molecular weight is 707 g/mol. The molecule has 3 aliphatic heterocycles. The molecule has 0 saturated carbocycles. The van der Waals surface area contributed by atoms with Gasteiger partial charge in [-0.2, -0.15) is 4.98 Å². The minimum Gasteiger partial charge on any atom is -0.386 e. The molecule has 25 heteroatoms. The maximum absolute atomic E-state index is 13.4. The lowest BCUT2D eigenvalue weighted by molar-refractivity contribution is -0.0561. The second-order valence-corrected chi connectivity index (χ2v) is 15.9. The van der Waals surface area contributed by atoms with Gasteiger partial charge in [0.15, 0.2) is 35.1 Å². The van der Waals surface area contributed by atoms with Crippen LogP contribution in [0.1, 0.15) is 12.5 Å². The van der Waals surface area contributed by atoms with E-state index in [1.54, 1.807) is 0 Å². The van der Waals surface area contributed by atoms with Crippen LogP contribution in [0.2, 0.25) is 0 Å². The number of fused-ring (bicyclic) bond motifs is 4. The Balaban J connectivity index is 1.17. The van der Waals surface area contributed by atoms with Gasteiger partial charge in [0.2, 0.25) is 5.95 Å². The van der Waals surface area contributed by atoms with Crippen LogP contribution in [0.25, 0.3) is 22.3 Å². The standard InChI is InChI=1S/C20H24N10O11P2S2/c21-14-8-15(24-3-23-14)29(4-25-8)18-10(31)12-6(38-18)1-36-43(35,45)41-13-7(2-37-42(34,44)40-12)39-19(11(13)32)30-5-26-9-16(30)27-20(22)28-17(9)33/h3-7,10-13,18-19,31-32H,1-2H2,(H,34,44)(H,35,45)(H2,21,23,24)(H3,22,27,28,33)/t6-,7-,10-,11-,12-,13-,18-,19-,42-,43+/m1/s1. The predicted molar refractivity (Wildman–Crippen MR) is 157 cm³/mol. The predicted octanol–water partition coefficient (Wildman–Crippen LogP) is -0.467. The Morgan fingerprint density at radius 2 is 1.38 bits per heavy atom. The number of ether oxygens (including phenoxy) is 2. The molecule has 7 rings (SSSR count). The van der Waals surface area contributed by atoms with Gasteiger partial charge in [0, 0.05) is 0 Å². The molecule has 0 unspecified atom stereocenters. The van der Waals surface area contributed by atoms with E-state index in [0.717, 1.165) is 0 Å². The molecule has 242 valence electrons. The lowest BCUT2D eigenvalue weighted by Crippen LogP contribution is -2.38. The van der Waals surface area contributed by atoms with Crippen molar-refractivity contribution in [3.05, 3.63) is 29.3 Å². The number of hydrogen-bond acceptors (Lipinski definition) is 18. The van der Waals surface area contributed by atoms with E-state index in [0.29, 0.717) is 0 Å². The first-order chi connectivity index (χ1) is 21.3. The summed E-state index contributed by atoms with van der Waals surface area (Å²) in [6, 6.07) is 0. The minimum atomic E-state index is -4.32. The molecule has 3 saturated heterocycles. The van der Waals surface area contributed by atoms with Gasteiger partial charge >= 0.3 is 13.6 Å². The fourth-order valence-electron chi connectivity index (χ4n) is 5.32. The van der Waals surface area contributed by atoms with Crippen molar-refractivity contribution in [3.63, 3.8) is 0 Å². The molecule has 7 N–H and O–H groups in total. The zero-order valence-electron chi connectivity index (χ0n) is 22.4. The summed E-state index contributed by atoms with van der Waals surface area (Å²) in [5.74, 6) is -0.128. The van der Waals surface area contributed by atoms with Crippen LogP contribution in [-0.4, -0.2) is 99.1 Å². The van der Waals surface area contributed by atoms with Gasteiger partial charge in [-0.1, -0.05) is 24.5 Å². The molecule has 0 bridgehead atoms. The Labute approximate surface area is 260 Å². The minimum absolute atomic E-state index is 0.0274. The van der Waals surface area contributed by atoms with Crippen LogP contribution in [0.5, 0.6) is 0 Å². The molecular formula is C20H24N10O11P2S2. The van der Waals surface area contributed by atoms with Crippen molar-refractivity contribution in [2.45, 2.75) is 49.1 Å². The number of rotatable bonds is 2. The van der Waals surface area contributed by atoms with E-state index in [-0.39, 0.29) is 34.1 Å². The molecule has 0 radical (unpaired) electrons. The van der Waals surface area contributed by atoms with Gasteiger partial charge in [-0.05, 0) is 0 Å². The van der Waals surface area contributed by atoms with Gasteiger partial charge in [0.05, 0.1) is 25.9 Å². The summed E-state index contributed by atoms with van der Waals surface area (Å²) in [5.41, 5.74) is 11.2. The normalized spacial score (nSPS) is 37.7. The molecule has 7 heterocycles. The number of aromatic amines is 1. The number of nitrogens with two attached hydrogens (primary N) is 2. The summed E-state index contributed by atoms with van der Waals surface area (Å²) < 4.78 is 63.5. The van der Waals surface area contributed by atoms with Crippen molar-refractivity contribution in [2.75, 3.05) is 24.7 Å². The Hall–Kier alpha value is -2.66. The molecular weight excluding hydrogens is 682 g/mol. The molecule has 21 nitrogen and oxygen atoms in total. The Kier molecular flexibility index (Phi) is 7.74. The monoisotopic (exact) mass is 706 g/mol. The third-order valence-corrected chi connectivity index (χ3v) is 10.5. The number of imidazole rings is 2. The molecule has 3 fully saturated rings. The highest BCUT2D eigenvalue weighted by atomic mass is 32.7. The van der Waals surface area contributed by atoms with Gasteiger partial charge in [0.25, 0.3) is 5.56 Å². The molecule has 0 aliphatic carbocycles. The summed E-state index contributed by atoms with van der Waals surface area (Å²) in [6.07, 6.45) is -7.35. The summed E-state index contributed by atoms with van der Waals surface area (Å²) in [5, 5.41) is 22.5. The highest BCUT2D eigenvalue weighted by molar-refractivity contribution is 8.44. The number of thiol groups is 2. The second-order valence-electron chi connectivity index (χ2n) is 10.1. The zero-order chi connectivity index (χ0) is 31.8. The van der Waals surface area contributed by atoms with Crippen LogP contribution < -0.4 is 17.0 Å². The summed E-state index contributed by atoms with van der Waals surface area (Å²) in [4.78, 5) is 34.8. The zero-order valence-corrected chi connectivity index (χ0v) is 26.0. The topological polar surface area (TPSA) is 289 Å². The SMILES string of the molecule is Nc1nc2c(ncn2[C@@H]2O[C@@H]3CO[P@@](=O)(S)O[C@H]4[C@@H](O)[C@H](n5cnc6c(N)ncnc65)O[C@@H]4CO[P@](=O)(S)O[C@H]3[C@H]2O)c(=O)[nH]1. The number of aliphatic hydroxyl groups excluding tert-OH is 2. The fourth-order valence-corrected chi connectivity index (χ4v) is 8.30. The van der Waals surface area contributed by atoms with Crippen molar-refractivity contribution in [1.82, 2.24) is 39.0 Å². The molecule has 0 amide bonds. The first kappa shape index (κ1) is 31.0. The maximum atomic E-state index is 13.4. The van der Waals surface area contributed by atoms with Crippen LogP contribution >= 0.6 is 38.1 Å². The summed E-state index contributed by atoms with van der Waals surface area (Å²) in [7, 11) is 0. The van der Waals surface area contributed by atoms with Crippen LogP contribution in [0, 0.1) is 0 Å². The van der Waals surface area contributed by atoms with Gasteiger partial charge in [0.1, 0.15) is 48.5 Å². The lowest BCUT2D eigenvalue weighted by Gasteiger charge is -2.28. The number of aliphatic hydroxyl groups is 2. The molecule has 0 spiro atoms. The van der Waals surface area contributed by atoms with Crippen molar-refractivity contribution in [2.24, 2.45) is 0 Å². The Bertz CT molecular complexity index is 1940. The highest BCUT2D eigenvalue weighted by Gasteiger charge is 2.53. The molecule has 4 aromatic heterocycles. The maximum Gasteiger partial charge on any atom is 0.386 e. The average Bonchev–Trinajstić information content (AvgIpc) is 3.72. The third kappa shape index (κ3) is 5.55. The lowest BCUT2D eigenvalue weighted by atomic mass is 10.1. The quantitative estimate of drug-likeness (QED) is 0.102. The molecule has 3 aliphatic rings. The van der Waals surface area contributed by atoms with E-state index in [9.17, 15) is 24.1 Å². The first-order valence-electron chi connectivity index (χ1n) is 13.0.